The van der Waals surface area contributed by atoms with Crippen LogP contribution in [0.1, 0.15) is 16.5 Å². The van der Waals surface area contributed by atoms with Gasteiger partial charge in [0.05, 0.1) is 10.6 Å². The average Bonchev–Trinajstić information content (AvgIpc) is 2.95. The molecule has 0 amide bonds. The van der Waals surface area contributed by atoms with E-state index in [0.29, 0.717) is 11.4 Å². The number of hydrogen-bond acceptors (Lipinski definition) is 4. The summed E-state index contributed by atoms with van der Waals surface area (Å²) in [5, 5.41) is 5.35. The summed E-state index contributed by atoms with van der Waals surface area (Å²) in [4.78, 5) is 1.70. The normalized spacial score (nSPS) is 20.8. The second-order valence-corrected chi connectivity index (χ2v) is 7.37. The molecule has 3 nitrogen and oxygen atoms in total. The summed E-state index contributed by atoms with van der Waals surface area (Å²) >= 11 is 1.68. The molecule has 18 heavy (non-hydrogen) atoms. The van der Waals surface area contributed by atoms with E-state index in [-0.39, 0.29) is 11.8 Å². The molecule has 1 N–H and O–H groups in total. The van der Waals surface area contributed by atoms with Crippen LogP contribution in [0.5, 0.6) is 0 Å². The van der Waals surface area contributed by atoms with Crippen LogP contribution in [0.2, 0.25) is 0 Å². The summed E-state index contributed by atoms with van der Waals surface area (Å²) in [6, 6.07) is 11.2. The summed E-state index contributed by atoms with van der Waals surface area (Å²) in [5.41, 5.74) is 0.897. The Bertz CT molecular complexity index is 647. The number of hydrogen-bond donors (Lipinski definition) is 1. The van der Waals surface area contributed by atoms with Crippen LogP contribution >= 0.6 is 11.3 Å². The van der Waals surface area contributed by atoms with Gasteiger partial charge in [0, 0.05) is 17.5 Å². The number of rotatable bonds is 3. The maximum Gasteiger partial charge on any atom is 0.180 e. The van der Waals surface area contributed by atoms with E-state index < -0.39 is 9.84 Å². The Balaban J connectivity index is 1.83. The van der Waals surface area contributed by atoms with Gasteiger partial charge in [-0.25, -0.2) is 8.42 Å². The molecular weight excluding hydrogens is 266 g/mol. The van der Waals surface area contributed by atoms with Gasteiger partial charge in [-0.2, -0.15) is 0 Å². The number of benzene rings is 1. The minimum absolute atomic E-state index is 0.0895. The minimum Gasteiger partial charge on any atom is -0.304 e. The zero-order valence-electron chi connectivity index (χ0n) is 9.67. The maximum atomic E-state index is 12.0. The van der Waals surface area contributed by atoms with Gasteiger partial charge < -0.3 is 5.32 Å². The number of thiophene rings is 1. The van der Waals surface area contributed by atoms with Gasteiger partial charge in [-0.05, 0) is 23.1 Å². The highest BCUT2D eigenvalue weighted by Gasteiger charge is 2.33. The lowest BCUT2D eigenvalue weighted by Gasteiger charge is -2.11. The van der Waals surface area contributed by atoms with Crippen molar-refractivity contribution in [3.8, 4) is 0 Å². The van der Waals surface area contributed by atoms with Gasteiger partial charge in [0.2, 0.25) is 0 Å². The van der Waals surface area contributed by atoms with Gasteiger partial charge in [0.1, 0.15) is 0 Å². The summed E-state index contributed by atoms with van der Waals surface area (Å²) in [5.74, 6) is 0.164. The molecule has 0 fully saturated rings. The van der Waals surface area contributed by atoms with Gasteiger partial charge in [0.25, 0.3) is 0 Å². The molecule has 0 spiro atoms. The third-order valence-electron chi connectivity index (χ3n) is 3.12. The summed E-state index contributed by atoms with van der Waals surface area (Å²) in [6.45, 7) is 0.714. The van der Waals surface area contributed by atoms with Crippen LogP contribution in [0.4, 0.5) is 0 Å². The number of nitrogens with one attached hydrogen (secondary N) is 1. The van der Waals surface area contributed by atoms with Gasteiger partial charge in [-0.3, -0.25) is 0 Å². The fraction of sp³-hybridized carbons (Fsp3) is 0.231. The van der Waals surface area contributed by atoms with Crippen molar-refractivity contribution in [1.29, 1.82) is 0 Å². The third kappa shape index (κ3) is 2.09. The molecule has 0 saturated carbocycles. The van der Waals surface area contributed by atoms with Crippen molar-refractivity contribution in [1.82, 2.24) is 5.32 Å². The molecule has 1 aromatic carbocycles. The lowest BCUT2D eigenvalue weighted by Crippen LogP contribution is -2.21. The smallest absolute Gasteiger partial charge is 0.180 e. The van der Waals surface area contributed by atoms with Crippen molar-refractivity contribution in [2.75, 3.05) is 5.75 Å². The second-order valence-electron chi connectivity index (χ2n) is 4.33. The molecule has 1 aromatic heterocycles. The summed E-state index contributed by atoms with van der Waals surface area (Å²) in [6.07, 6.45) is 0. The van der Waals surface area contributed by atoms with Crippen LogP contribution in [0.25, 0.3) is 0 Å². The highest BCUT2D eigenvalue weighted by atomic mass is 32.2. The van der Waals surface area contributed by atoms with E-state index in [9.17, 15) is 8.42 Å². The van der Waals surface area contributed by atoms with E-state index in [0.717, 1.165) is 5.56 Å². The topological polar surface area (TPSA) is 46.2 Å². The van der Waals surface area contributed by atoms with E-state index in [4.69, 9.17) is 0 Å². The van der Waals surface area contributed by atoms with E-state index in [1.54, 1.807) is 23.5 Å². The lowest BCUT2D eigenvalue weighted by molar-refractivity contribution is 0.569. The van der Waals surface area contributed by atoms with E-state index in [2.05, 4.69) is 5.32 Å². The molecule has 0 radical (unpaired) electrons. The molecule has 1 unspecified atom stereocenters. The fourth-order valence-corrected chi connectivity index (χ4v) is 4.68. The molecule has 1 aliphatic heterocycles. The van der Waals surface area contributed by atoms with Crippen LogP contribution in [0, 0.1) is 0 Å². The Hall–Kier alpha value is -1.17. The van der Waals surface area contributed by atoms with Crippen LogP contribution in [0.3, 0.4) is 0 Å². The maximum absolute atomic E-state index is 12.0. The molecule has 2 aromatic rings. The first kappa shape index (κ1) is 11.9. The predicted molar refractivity (Wildman–Crippen MR) is 72.4 cm³/mol. The Labute approximate surface area is 110 Å². The zero-order chi connectivity index (χ0) is 12.6. The summed E-state index contributed by atoms with van der Waals surface area (Å²) < 4.78 is 24.0. The summed E-state index contributed by atoms with van der Waals surface area (Å²) in [7, 11) is -3.10. The molecule has 5 heteroatoms. The highest BCUT2D eigenvalue weighted by Crippen LogP contribution is 2.33. The van der Waals surface area contributed by atoms with Crippen molar-refractivity contribution >= 4 is 21.2 Å². The second kappa shape index (κ2) is 4.50. The average molecular weight is 279 g/mol. The Morgan fingerprint density at radius 3 is 2.83 bits per heavy atom. The van der Waals surface area contributed by atoms with Gasteiger partial charge in [-0.1, -0.05) is 24.3 Å². The zero-order valence-corrected chi connectivity index (χ0v) is 11.3. The van der Waals surface area contributed by atoms with Gasteiger partial charge in [0.15, 0.2) is 9.84 Å². The van der Waals surface area contributed by atoms with Crippen molar-refractivity contribution in [2.45, 2.75) is 17.5 Å². The van der Waals surface area contributed by atoms with Crippen LogP contribution in [0.15, 0.2) is 46.7 Å². The first-order valence-corrected chi connectivity index (χ1v) is 8.27. The molecule has 94 valence electrons. The molecule has 0 aliphatic carbocycles. The molecule has 0 bridgehead atoms. The Morgan fingerprint density at radius 2 is 2.06 bits per heavy atom. The molecule has 2 heterocycles. The van der Waals surface area contributed by atoms with Gasteiger partial charge >= 0.3 is 0 Å². The molecule has 0 saturated heterocycles. The predicted octanol–water partition coefficient (Wildman–Crippen LogP) is 2.37. The lowest BCUT2D eigenvalue weighted by atomic mass is 10.1. The van der Waals surface area contributed by atoms with Crippen molar-refractivity contribution in [2.24, 2.45) is 0 Å². The van der Waals surface area contributed by atoms with Crippen LogP contribution < -0.4 is 5.32 Å². The number of fused-ring (bicyclic) bond motifs is 1. The van der Waals surface area contributed by atoms with E-state index in [1.807, 2.05) is 29.6 Å². The van der Waals surface area contributed by atoms with Crippen molar-refractivity contribution in [3.05, 3.63) is 52.2 Å². The van der Waals surface area contributed by atoms with Crippen molar-refractivity contribution in [3.63, 3.8) is 0 Å². The Morgan fingerprint density at radius 1 is 1.22 bits per heavy atom. The molecule has 1 atom stereocenters. The monoisotopic (exact) mass is 279 g/mol. The third-order valence-corrected chi connectivity index (χ3v) is 5.81. The first-order chi connectivity index (χ1) is 8.67. The van der Waals surface area contributed by atoms with Crippen molar-refractivity contribution < 1.29 is 8.42 Å². The first-order valence-electron chi connectivity index (χ1n) is 5.74. The quantitative estimate of drug-likeness (QED) is 0.938. The SMILES string of the molecule is O=S1(=O)CC(NCc2cccs2)c2ccccc21. The number of sulfone groups is 1. The molecule has 1 aliphatic rings. The van der Waals surface area contributed by atoms with Gasteiger partial charge in [-0.15, -0.1) is 11.3 Å². The standard InChI is InChI=1S/C13H13NO2S2/c15-18(16)9-12(11-5-1-2-6-13(11)18)14-8-10-4-3-7-17-10/h1-7,12,14H,8-9H2. The van der Waals surface area contributed by atoms with Crippen LogP contribution in [-0.4, -0.2) is 14.2 Å². The van der Waals surface area contributed by atoms with E-state index in [1.165, 1.54) is 4.88 Å². The van der Waals surface area contributed by atoms with E-state index >= 15 is 0 Å². The largest absolute Gasteiger partial charge is 0.304 e. The highest BCUT2D eigenvalue weighted by molar-refractivity contribution is 7.91. The minimum atomic E-state index is -3.10. The van der Waals surface area contributed by atoms with Crippen LogP contribution in [-0.2, 0) is 16.4 Å². The Kier molecular flexibility index (Phi) is 2.97. The fourth-order valence-electron chi connectivity index (χ4n) is 2.26. The molecule has 3 rings (SSSR count). The molecular formula is C13H13NO2S2.